The van der Waals surface area contributed by atoms with Crippen molar-refractivity contribution in [3.05, 3.63) is 58.9 Å². The van der Waals surface area contributed by atoms with E-state index in [1.165, 1.54) is 12.1 Å². The lowest BCUT2D eigenvalue weighted by Crippen LogP contribution is -2.12. The molecule has 0 aliphatic heterocycles. The molecule has 0 fully saturated rings. The molecular weight excluding hydrogens is 305 g/mol. The van der Waals surface area contributed by atoms with Crippen molar-refractivity contribution in [3.8, 4) is 5.75 Å². The summed E-state index contributed by atoms with van der Waals surface area (Å²) in [6, 6.07) is 10.1. The van der Waals surface area contributed by atoms with Gasteiger partial charge < -0.3 is 4.74 Å². The van der Waals surface area contributed by atoms with Gasteiger partial charge in [0.15, 0.2) is 11.6 Å². The van der Waals surface area contributed by atoms with E-state index < -0.39 is 15.8 Å². The van der Waals surface area contributed by atoms with Crippen molar-refractivity contribution in [1.29, 1.82) is 0 Å². The monoisotopic (exact) mass is 315 g/mol. The summed E-state index contributed by atoms with van der Waals surface area (Å²) in [5, 5.41) is 5.50. The Hall–Kier alpha value is -1.63. The lowest BCUT2D eigenvalue weighted by Gasteiger charge is -2.08. The van der Waals surface area contributed by atoms with Crippen LogP contribution < -0.4 is 9.88 Å². The first-order chi connectivity index (χ1) is 9.36. The Kier molecular flexibility index (Phi) is 4.27. The average molecular weight is 316 g/mol. The van der Waals surface area contributed by atoms with Crippen LogP contribution in [0.1, 0.15) is 5.56 Å². The van der Waals surface area contributed by atoms with Gasteiger partial charge in [0.25, 0.3) is 0 Å². The largest absolute Gasteiger partial charge is 0.486 e. The highest BCUT2D eigenvalue weighted by molar-refractivity contribution is 7.89. The second-order valence-electron chi connectivity index (χ2n) is 4.05. The fourth-order valence-electron chi connectivity index (χ4n) is 1.52. The van der Waals surface area contributed by atoms with Crippen molar-refractivity contribution >= 4 is 21.6 Å². The summed E-state index contributed by atoms with van der Waals surface area (Å²) in [5.41, 5.74) is 0.810. The Bertz CT molecular complexity index is 717. The third kappa shape index (κ3) is 3.69. The summed E-state index contributed by atoms with van der Waals surface area (Å²) in [7, 11) is -3.92. The summed E-state index contributed by atoms with van der Waals surface area (Å²) in [4.78, 5) is -0.297. The summed E-state index contributed by atoms with van der Waals surface area (Å²) < 4.78 is 41.1. The number of hydrogen-bond acceptors (Lipinski definition) is 3. The van der Waals surface area contributed by atoms with E-state index in [2.05, 4.69) is 0 Å². The standard InChI is InChI=1S/C13H11ClFNO3S/c14-10-3-1-9(2-4-10)8-19-13-6-5-11(7-12(13)15)20(16,17)18/h1-7H,8H2,(H2,16,17,18). The third-order valence-electron chi connectivity index (χ3n) is 2.54. The average Bonchev–Trinajstić information content (AvgIpc) is 2.38. The lowest BCUT2D eigenvalue weighted by atomic mass is 10.2. The molecule has 0 saturated heterocycles. The van der Waals surface area contributed by atoms with Crippen molar-refractivity contribution in [3.63, 3.8) is 0 Å². The number of benzene rings is 2. The van der Waals surface area contributed by atoms with Gasteiger partial charge in [-0.05, 0) is 35.9 Å². The van der Waals surface area contributed by atoms with Gasteiger partial charge in [-0.1, -0.05) is 23.7 Å². The van der Waals surface area contributed by atoms with E-state index in [1.807, 2.05) is 0 Å². The minimum Gasteiger partial charge on any atom is -0.486 e. The minimum absolute atomic E-state index is 0.0487. The zero-order valence-corrected chi connectivity index (χ0v) is 11.8. The van der Waals surface area contributed by atoms with Crippen LogP contribution in [0.5, 0.6) is 5.75 Å². The second-order valence-corrected chi connectivity index (χ2v) is 6.05. The maximum absolute atomic E-state index is 13.7. The van der Waals surface area contributed by atoms with E-state index >= 15 is 0 Å². The predicted octanol–water partition coefficient (Wildman–Crippen LogP) is 2.71. The van der Waals surface area contributed by atoms with Crippen LogP contribution in [0.15, 0.2) is 47.4 Å². The molecule has 0 radical (unpaired) electrons. The Labute approximate surface area is 121 Å². The molecule has 0 aliphatic carbocycles. The molecule has 0 saturated carbocycles. The van der Waals surface area contributed by atoms with Crippen molar-refractivity contribution < 1.29 is 17.5 Å². The molecule has 0 aliphatic rings. The van der Waals surface area contributed by atoms with E-state index in [0.29, 0.717) is 5.02 Å². The summed E-state index contributed by atoms with van der Waals surface area (Å²) in [5.74, 6) is -0.835. The van der Waals surface area contributed by atoms with Crippen LogP contribution in [0.4, 0.5) is 4.39 Å². The quantitative estimate of drug-likeness (QED) is 0.943. The normalized spacial score (nSPS) is 11.3. The van der Waals surface area contributed by atoms with Crippen molar-refractivity contribution in [1.82, 2.24) is 0 Å². The molecule has 4 nitrogen and oxygen atoms in total. The highest BCUT2D eigenvalue weighted by atomic mass is 35.5. The number of primary sulfonamides is 1. The van der Waals surface area contributed by atoms with Crippen LogP contribution in [0.25, 0.3) is 0 Å². The summed E-state index contributed by atoms with van der Waals surface area (Å²) >= 11 is 5.74. The number of rotatable bonds is 4. The van der Waals surface area contributed by atoms with E-state index in [1.54, 1.807) is 24.3 Å². The van der Waals surface area contributed by atoms with Crippen LogP contribution >= 0.6 is 11.6 Å². The van der Waals surface area contributed by atoms with Gasteiger partial charge in [0, 0.05) is 5.02 Å². The Balaban J connectivity index is 2.12. The van der Waals surface area contributed by atoms with Gasteiger partial charge >= 0.3 is 0 Å². The molecule has 0 spiro atoms. The molecule has 2 aromatic carbocycles. The van der Waals surface area contributed by atoms with Crippen LogP contribution in [0, 0.1) is 5.82 Å². The highest BCUT2D eigenvalue weighted by Crippen LogP contribution is 2.21. The molecule has 0 aromatic heterocycles. The molecule has 2 aromatic rings. The fourth-order valence-corrected chi connectivity index (χ4v) is 2.17. The first-order valence-electron chi connectivity index (χ1n) is 5.56. The molecule has 20 heavy (non-hydrogen) atoms. The predicted molar refractivity (Wildman–Crippen MR) is 73.6 cm³/mol. The zero-order chi connectivity index (χ0) is 14.8. The van der Waals surface area contributed by atoms with Crippen molar-refractivity contribution in [2.24, 2.45) is 5.14 Å². The molecule has 0 heterocycles. The molecule has 0 bridgehead atoms. The maximum Gasteiger partial charge on any atom is 0.238 e. The van der Waals surface area contributed by atoms with E-state index in [0.717, 1.165) is 11.6 Å². The van der Waals surface area contributed by atoms with E-state index in [4.69, 9.17) is 21.5 Å². The molecule has 106 valence electrons. The molecule has 0 amide bonds. The molecule has 2 N–H and O–H groups in total. The van der Waals surface area contributed by atoms with E-state index in [9.17, 15) is 12.8 Å². The molecule has 7 heteroatoms. The van der Waals surface area contributed by atoms with Crippen molar-refractivity contribution in [2.45, 2.75) is 11.5 Å². The van der Waals surface area contributed by atoms with Gasteiger partial charge in [-0.15, -0.1) is 0 Å². The smallest absolute Gasteiger partial charge is 0.238 e. The van der Waals surface area contributed by atoms with Gasteiger partial charge in [0.05, 0.1) is 4.90 Å². The molecule has 2 rings (SSSR count). The van der Waals surface area contributed by atoms with E-state index in [-0.39, 0.29) is 17.3 Å². The molecule has 0 atom stereocenters. The maximum atomic E-state index is 13.7. The summed E-state index contributed by atoms with van der Waals surface area (Å²) in [6.07, 6.45) is 0. The molecule has 0 unspecified atom stereocenters. The van der Waals surface area contributed by atoms with Crippen molar-refractivity contribution in [2.75, 3.05) is 0 Å². The number of nitrogens with two attached hydrogens (primary N) is 1. The zero-order valence-electron chi connectivity index (χ0n) is 10.2. The SMILES string of the molecule is NS(=O)(=O)c1ccc(OCc2ccc(Cl)cc2)c(F)c1. The highest BCUT2D eigenvalue weighted by Gasteiger charge is 2.12. The fraction of sp³-hybridized carbons (Fsp3) is 0.0769. The summed E-state index contributed by atoms with van der Waals surface area (Å²) in [6.45, 7) is 0.142. The number of sulfonamides is 1. The first kappa shape index (κ1) is 14.8. The number of hydrogen-bond donors (Lipinski definition) is 1. The Morgan fingerprint density at radius 3 is 2.35 bits per heavy atom. The van der Waals surface area contributed by atoms with Crippen LogP contribution in [0.3, 0.4) is 0 Å². The van der Waals surface area contributed by atoms with Crippen LogP contribution in [-0.2, 0) is 16.6 Å². The third-order valence-corrected chi connectivity index (χ3v) is 3.70. The van der Waals surface area contributed by atoms with Gasteiger partial charge in [0.2, 0.25) is 10.0 Å². The molecular formula is C13H11ClFNO3S. The minimum atomic E-state index is -3.92. The second kappa shape index (κ2) is 5.78. The van der Waals surface area contributed by atoms with Gasteiger partial charge in [-0.3, -0.25) is 0 Å². The number of halogens is 2. The first-order valence-corrected chi connectivity index (χ1v) is 7.48. The van der Waals surface area contributed by atoms with Gasteiger partial charge in [-0.25, -0.2) is 17.9 Å². The van der Waals surface area contributed by atoms with Gasteiger partial charge in [0.1, 0.15) is 6.61 Å². The Morgan fingerprint density at radius 2 is 1.80 bits per heavy atom. The van der Waals surface area contributed by atoms with Crippen LogP contribution in [0.2, 0.25) is 5.02 Å². The number of ether oxygens (including phenoxy) is 1. The lowest BCUT2D eigenvalue weighted by molar-refractivity contribution is 0.290. The Morgan fingerprint density at radius 1 is 1.15 bits per heavy atom. The van der Waals surface area contributed by atoms with Crippen LogP contribution in [-0.4, -0.2) is 8.42 Å². The van der Waals surface area contributed by atoms with Gasteiger partial charge in [-0.2, -0.15) is 0 Å². The topological polar surface area (TPSA) is 69.4 Å².